The standard InChI is InChI=1S/C14H21ClN2O2S/c1-4-5-6-9-17(3)20(18,19)13-7-8-14(15)12(10-13)11-16-2/h4,7-8,10,16H,1,5-6,9,11H2,2-3H3. The van der Waals surface area contributed by atoms with Crippen molar-refractivity contribution >= 4 is 21.6 Å². The third kappa shape index (κ3) is 4.31. The third-order valence-corrected chi connectivity index (χ3v) is 5.20. The van der Waals surface area contributed by atoms with Gasteiger partial charge in [0.05, 0.1) is 4.90 Å². The van der Waals surface area contributed by atoms with Gasteiger partial charge < -0.3 is 5.32 Å². The zero-order valence-electron chi connectivity index (χ0n) is 11.9. The number of hydrogen-bond acceptors (Lipinski definition) is 3. The van der Waals surface area contributed by atoms with E-state index in [1.54, 1.807) is 38.4 Å². The maximum Gasteiger partial charge on any atom is 0.242 e. The van der Waals surface area contributed by atoms with E-state index in [2.05, 4.69) is 11.9 Å². The zero-order valence-corrected chi connectivity index (χ0v) is 13.5. The van der Waals surface area contributed by atoms with Crippen molar-refractivity contribution in [3.63, 3.8) is 0 Å². The molecule has 0 fully saturated rings. The molecule has 0 aliphatic heterocycles. The molecule has 0 aliphatic rings. The summed E-state index contributed by atoms with van der Waals surface area (Å²) in [4.78, 5) is 0.272. The Morgan fingerprint density at radius 3 is 2.75 bits per heavy atom. The Morgan fingerprint density at radius 2 is 2.15 bits per heavy atom. The molecule has 1 aromatic rings. The smallest absolute Gasteiger partial charge is 0.242 e. The molecular formula is C14H21ClN2O2S. The summed E-state index contributed by atoms with van der Waals surface area (Å²) in [5.74, 6) is 0. The molecule has 1 aromatic carbocycles. The average Bonchev–Trinajstić information content (AvgIpc) is 2.41. The van der Waals surface area contributed by atoms with Gasteiger partial charge in [0.1, 0.15) is 0 Å². The molecule has 0 aliphatic carbocycles. The van der Waals surface area contributed by atoms with Crippen LogP contribution in [-0.2, 0) is 16.6 Å². The van der Waals surface area contributed by atoms with Gasteiger partial charge >= 0.3 is 0 Å². The Labute approximate surface area is 126 Å². The second-order valence-corrected chi connectivity index (χ2v) is 6.99. The Hall–Kier alpha value is -0.880. The van der Waals surface area contributed by atoms with Crippen LogP contribution in [0.1, 0.15) is 18.4 Å². The molecule has 1 N–H and O–H groups in total. The van der Waals surface area contributed by atoms with Crippen LogP contribution in [0.25, 0.3) is 0 Å². The summed E-state index contributed by atoms with van der Waals surface area (Å²) in [5.41, 5.74) is 0.773. The van der Waals surface area contributed by atoms with Crippen LogP contribution in [-0.4, -0.2) is 33.4 Å². The molecule has 0 saturated carbocycles. The van der Waals surface area contributed by atoms with E-state index in [0.29, 0.717) is 18.1 Å². The monoisotopic (exact) mass is 316 g/mol. The summed E-state index contributed by atoms with van der Waals surface area (Å²) in [5, 5.41) is 3.53. The molecule has 0 amide bonds. The summed E-state index contributed by atoms with van der Waals surface area (Å²) in [6.45, 7) is 4.63. The molecule has 112 valence electrons. The molecule has 0 bridgehead atoms. The van der Waals surface area contributed by atoms with Crippen LogP contribution in [0.4, 0.5) is 0 Å². The van der Waals surface area contributed by atoms with Gasteiger partial charge in [0.2, 0.25) is 10.0 Å². The number of nitrogens with one attached hydrogen (secondary N) is 1. The second kappa shape index (κ2) is 7.78. The predicted octanol–water partition coefficient (Wildman–Crippen LogP) is 2.65. The number of allylic oxidation sites excluding steroid dienone is 1. The van der Waals surface area contributed by atoms with Gasteiger partial charge in [0, 0.05) is 25.2 Å². The average molecular weight is 317 g/mol. The number of rotatable bonds is 8. The van der Waals surface area contributed by atoms with E-state index < -0.39 is 10.0 Å². The van der Waals surface area contributed by atoms with Gasteiger partial charge in [-0.15, -0.1) is 6.58 Å². The SMILES string of the molecule is C=CCCCN(C)S(=O)(=O)c1ccc(Cl)c(CNC)c1. The topological polar surface area (TPSA) is 49.4 Å². The summed E-state index contributed by atoms with van der Waals surface area (Å²) < 4.78 is 26.2. The minimum Gasteiger partial charge on any atom is -0.316 e. The first-order valence-corrected chi connectivity index (χ1v) is 8.25. The van der Waals surface area contributed by atoms with Gasteiger partial charge in [-0.3, -0.25) is 0 Å². The molecule has 0 spiro atoms. The highest BCUT2D eigenvalue weighted by atomic mass is 35.5. The van der Waals surface area contributed by atoms with Crippen molar-refractivity contribution in [1.29, 1.82) is 0 Å². The molecule has 6 heteroatoms. The van der Waals surface area contributed by atoms with Crippen molar-refractivity contribution in [2.24, 2.45) is 0 Å². The van der Waals surface area contributed by atoms with Gasteiger partial charge in [-0.2, -0.15) is 0 Å². The van der Waals surface area contributed by atoms with Crippen LogP contribution in [0.15, 0.2) is 35.7 Å². The lowest BCUT2D eigenvalue weighted by molar-refractivity contribution is 0.462. The fourth-order valence-electron chi connectivity index (χ4n) is 1.80. The van der Waals surface area contributed by atoms with Gasteiger partial charge in [0.25, 0.3) is 0 Å². The summed E-state index contributed by atoms with van der Waals surface area (Å²) in [6.07, 6.45) is 3.34. The lowest BCUT2D eigenvalue weighted by Crippen LogP contribution is -2.28. The Balaban J connectivity index is 2.96. The van der Waals surface area contributed by atoms with Crippen LogP contribution in [0.5, 0.6) is 0 Å². The van der Waals surface area contributed by atoms with Gasteiger partial charge in [0.15, 0.2) is 0 Å². The third-order valence-electron chi connectivity index (χ3n) is 2.97. The van der Waals surface area contributed by atoms with E-state index in [-0.39, 0.29) is 4.90 Å². The molecule has 1 rings (SSSR count). The van der Waals surface area contributed by atoms with E-state index in [4.69, 9.17) is 11.6 Å². The molecule has 0 radical (unpaired) electrons. The maximum absolute atomic E-state index is 12.4. The minimum atomic E-state index is -3.46. The molecule has 20 heavy (non-hydrogen) atoms. The number of halogens is 1. The summed E-state index contributed by atoms with van der Waals surface area (Å²) in [7, 11) is -0.0857. The van der Waals surface area contributed by atoms with E-state index in [1.165, 1.54) is 4.31 Å². The van der Waals surface area contributed by atoms with Gasteiger partial charge in [-0.05, 0) is 43.7 Å². The molecule has 0 unspecified atom stereocenters. The van der Waals surface area contributed by atoms with Crippen molar-refractivity contribution in [3.8, 4) is 0 Å². The fraction of sp³-hybridized carbons (Fsp3) is 0.429. The highest BCUT2D eigenvalue weighted by Crippen LogP contribution is 2.22. The van der Waals surface area contributed by atoms with Crippen LogP contribution < -0.4 is 5.32 Å². The quantitative estimate of drug-likeness (QED) is 0.592. The molecular weight excluding hydrogens is 296 g/mol. The van der Waals surface area contributed by atoms with Crippen LogP contribution in [0.3, 0.4) is 0 Å². The van der Waals surface area contributed by atoms with E-state index in [1.807, 2.05) is 0 Å². The number of nitrogens with zero attached hydrogens (tertiary/aromatic N) is 1. The normalized spacial score (nSPS) is 11.8. The molecule has 0 aromatic heterocycles. The molecule has 0 saturated heterocycles. The Bertz CT molecular complexity index is 558. The van der Waals surface area contributed by atoms with Crippen molar-refractivity contribution in [1.82, 2.24) is 9.62 Å². The van der Waals surface area contributed by atoms with Crippen molar-refractivity contribution in [2.45, 2.75) is 24.3 Å². The lowest BCUT2D eigenvalue weighted by atomic mass is 10.2. The largest absolute Gasteiger partial charge is 0.316 e. The van der Waals surface area contributed by atoms with Gasteiger partial charge in [-0.1, -0.05) is 17.7 Å². The highest BCUT2D eigenvalue weighted by molar-refractivity contribution is 7.89. The number of benzene rings is 1. The molecule has 0 atom stereocenters. The predicted molar refractivity (Wildman–Crippen MR) is 83.5 cm³/mol. The first-order chi connectivity index (χ1) is 9.43. The number of hydrogen-bond donors (Lipinski definition) is 1. The lowest BCUT2D eigenvalue weighted by Gasteiger charge is -2.17. The molecule has 0 heterocycles. The number of unbranched alkanes of at least 4 members (excludes halogenated alkanes) is 1. The van der Waals surface area contributed by atoms with Crippen molar-refractivity contribution in [3.05, 3.63) is 41.4 Å². The summed E-state index contributed by atoms with van der Waals surface area (Å²) in [6, 6.07) is 4.79. The fourth-order valence-corrected chi connectivity index (χ4v) is 3.24. The first-order valence-electron chi connectivity index (χ1n) is 6.43. The highest BCUT2D eigenvalue weighted by Gasteiger charge is 2.21. The Kier molecular flexibility index (Phi) is 6.68. The first kappa shape index (κ1) is 17.2. The van der Waals surface area contributed by atoms with Crippen LogP contribution >= 0.6 is 11.6 Å². The summed E-state index contributed by atoms with van der Waals surface area (Å²) >= 11 is 6.05. The van der Waals surface area contributed by atoms with E-state index >= 15 is 0 Å². The van der Waals surface area contributed by atoms with Crippen LogP contribution in [0, 0.1) is 0 Å². The van der Waals surface area contributed by atoms with Crippen LogP contribution in [0.2, 0.25) is 5.02 Å². The maximum atomic E-state index is 12.4. The van der Waals surface area contributed by atoms with Crippen molar-refractivity contribution < 1.29 is 8.42 Å². The van der Waals surface area contributed by atoms with E-state index in [0.717, 1.165) is 18.4 Å². The number of sulfonamides is 1. The van der Waals surface area contributed by atoms with E-state index in [9.17, 15) is 8.42 Å². The Morgan fingerprint density at radius 1 is 1.45 bits per heavy atom. The zero-order chi connectivity index (χ0) is 15.2. The second-order valence-electron chi connectivity index (χ2n) is 4.54. The minimum absolute atomic E-state index is 0.272. The molecule has 4 nitrogen and oxygen atoms in total. The van der Waals surface area contributed by atoms with Crippen molar-refractivity contribution in [2.75, 3.05) is 20.6 Å². The van der Waals surface area contributed by atoms with Gasteiger partial charge in [-0.25, -0.2) is 12.7 Å².